The highest BCUT2D eigenvalue weighted by Crippen LogP contribution is 2.09. The van der Waals surface area contributed by atoms with E-state index in [4.69, 9.17) is 0 Å². The Morgan fingerprint density at radius 2 is 1.59 bits per heavy atom. The highest BCUT2D eigenvalue weighted by atomic mass is 16.1. The summed E-state index contributed by atoms with van der Waals surface area (Å²) in [4.78, 5) is 23.6. The zero-order valence-corrected chi connectivity index (χ0v) is 12.5. The van der Waals surface area contributed by atoms with Crippen LogP contribution in [0.5, 0.6) is 0 Å². The van der Waals surface area contributed by atoms with Crippen molar-refractivity contribution >= 4 is 17.8 Å². The molecule has 1 unspecified atom stereocenters. The molecule has 0 aromatic heterocycles. The van der Waals surface area contributed by atoms with Crippen LogP contribution in [-0.4, -0.2) is 17.7 Å². The summed E-state index contributed by atoms with van der Waals surface area (Å²) in [7, 11) is 0. The molecule has 2 rings (SSSR count). The van der Waals surface area contributed by atoms with Crippen LogP contribution in [0.2, 0.25) is 0 Å². The summed E-state index contributed by atoms with van der Waals surface area (Å²) >= 11 is 0. The first kappa shape index (κ1) is 15.7. The Bertz CT molecular complexity index is 648. The largest absolute Gasteiger partial charge is 0.350 e. The average molecular weight is 293 g/mol. The number of ketones is 1. The van der Waals surface area contributed by atoms with Crippen LogP contribution in [0.3, 0.4) is 0 Å². The van der Waals surface area contributed by atoms with Crippen LogP contribution in [-0.2, 0) is 4.79 Å². The van der Waals surface area contributed by atoms with E-state index in [1.54, 1.807) is 12.1 Å². The molecule has 0 aliphatic rings. The Balaban J connectivity index is 2.08. The van der Waals surface area contributed by atoms with Gasteiger partial charge >= 0.3 is 0 Å². The Labute approximate surface area is 130 Å². The lowest BCUT2D eigenvalue weighted by Gasteiger charge is -2.13. The van der Waals surface area contributed by atoms with Gasteiger partial charge in [0.25, 0.3) is 0 Å². The van der Waals surface area contributed by atoms with Gasteiger partial charge in [-0.05, 0) is 5.56 Å². The maximum atomic E-state index is 12.3. The summed E-state index contributed by atoms with van der Waals surface area (Å²) in [5, 5.41) is 2.80. The molecule has 1 amide bonds. The van der Waals surface area contributed by atoms with Crippen molar-refractivity contribution in [1.82, 2.24) is 5.32 Å². The number of rotatable bonds is 6. The van der Waals surface area contributed by atoms with Gasteiger partial charge in [0, 0.05) is 18.9 Å². The van der Waals surface area contributed by atoms with E-state index in [1.807, 2.05) is 60.7 Å². The lowest BCUT2D eigenvalue weighted by atomic mass is 10.0. The molecule has 0 aliphatic carbocycles. The predicted molar refractivity (Wildman–Crippen MR) is 88.5 cm³/mol. The zero-order valence-electron chi connectivity index (χ0n) is 12.5. The van der Waals surface area contributed by atoms with Gasteiger partial charge in [-0.3, -0.25) is 9.59 Å². The van der Waals surface area contributed by atoms with Crippen molar-refractivity contribution in [3.8, 4) is 0 Å². The second-order valence-corrected chi connectivity index (χ2v) is 5.07. The molecule has 0 saturated carbocycles. The van der Waals surface area contributed by atoms with E-state index in [9.17, 15) is 9.59 Å². The second-order valence-electron chi connectivity index (χ2n) is 5.07. The number of carbonyl (C=O) groups is 2. The van der Waals surface area contributed by atoms with E-state index in [1.165, 1.54) is 6.92 Å². The van der Waals surface area contributed by atoms with E-state index in [0.29, 0.717) is 5.56 Å². The summed E-state index contributed by atoms with van der Waals surface area (Å²) in [6.07, 6.45) is 4.02. The predicted octanol–water partition coefficient (Wildman–Crippen LogP) is 3.48. The lowest BCUT2D eigenvalue weighted by Crippen LogP contribution is -2.33. The standard InChI is InChI=1S/C19H19NO2/c1-15(21)20-18(13-12-16-8-4-2-5-9-16)14-19(22)17-10-6-3-7-11-17/h2-13,18H,14H2,1H3,(H,20,21)/b13-12+. The molecule has 0 spiro atoms. The molecule has 3 nitrogen and oxygen atoms in total. The average Bonchev–Trinajstić information content (AvgIpc) is 2.54. The number of benzene rings is 2. The molecule has 0 bridgehead atoms. The fraction of sp³-hybridized carbons (Fsp3) is 0.158. The van der Waals surface area contributed by atoms with Crippen molar-refractivity contribution in [1.29, 1.82) is 0 Å². The number of Topliss-reactive ketones (excluding diaryl/α,β-unsaturated/α-hetero) is 1. The topological polar surface area (TPSA) is 46.2 Å². The molecule has 1 N–H and O–H groups in total. The van der Waals surface area contributed by atoms with Crippen LogP contribution < -0.4 is 5.32 Å². The summed E-state index contributed by atoms with van der Waals surface area (Å²) in [5.74, 6) is -0.138. The Hall–Kier alpha value is -2.68. The Morgan fingerprint density at radius 3 is 2.18 bits per heavy atom. The van der Waals surface area contributed by atoms with Crippen LogP contribution in [0.1, 0.15) is 29.3 Å². The van der Waals surface area contributed by atoms with Crippen LogP contribution in [0.15, 0.2) is 66.7 Å². The first-order valence-electron chi connectivity index (χ1n) is 7.24. The van der Waals surface area contributed by atoms with E-state index in [2.05, 4.69) is 5.32 Å². The van der Waals surface area contributed by atoms with Crippen LogP contribution >= 0.6 is 0 Å². The first-order valence-corrected chi connectivity index (χ1v) is 7.24. The number of hydrogen-bond donors (Lipinski definition) is 1. The third-order valence-electron chi connectivity index (χ3n) is 3.21. The first-order chi connectivity index (χ1) is 10.6. The molecule has 2 aromatic carbocycles. The summed E-state index contributed by atoms with van der Waals surface area (Å²) in [5.41, 5.74) is 1.69. The van der Waals surface area contributed by atoms with Crippen molar-refractivity contribution in [3.05, 3.63) is 77.9 Å². The monoisotopic (exact) mass is 293 g/mol. The third-order valence-corrected chi connectivity index (χ3v) is 3.21. The molecule has 0 fully saturated rings. The molecular weight excluding hydrogens is 274 g/mol. The van der Waals surface area contributed by atoms with Gasteiger partial charge in [0.1, 0.15) is 0 Å². The fourth-order valence-corrected chi connectivity index (χ4v) is 2.16. The maximum absolute atomic E-state index is 12.3. The molecule has 3 heteroatoms. The van der Waals surface area contributed by atoms with Gasteiger partial charge in [-0.15, -0.1) is 0 Å². The highest BCUT2D eigenvalue weighted by molar-refractivity contribution is 5.96. The van der Waals surface area contributed by atoms with Crippen molar-refractivity contribution in [2.75, 3.05) is 0 Å². The van der Waals surface area contributed by atoms with Gasteiger partial charge in [-0.1, -0.05) is 72.8 Å². The Morgan fingerprint density at radius 1 is 1.00 bits per heavy atom. The zero-order chi connectivity index (χ0) is 15.8. The van der Waals surface area contributed by atoms with Crippen LogP contribution in [0.4, 0.5) is 0 Å². The minimum Gasteiger partial charge on any atom is -0.350 e. The van der Waals surface area contributed by atoms with E-state index >= 15 is 0 Å². The van der Waals surface area contributed by atoms with E-state index < -0.39 is 0 Å². The van der Waals surface area contributed by atoms with Crippen LogP contribution in [0.25, 0.3) is 6.08 Å². The van der Waals surface area contributed by atoms with E-state index in [-0.39, 0.29) is 24.2 Å². The molecule has 22 heavy (non-hydrogen) atoms. The molecular formula is C19H19NO2. The summed E-state index contributed by atoms with van der Waals surface area (Å²) < 4.78 is 0. The number of carbonyl (C=O) groups excluding carboxylic acids is 2. The molecule has 0 aliphatic heterocycles. The molecule has 112 valence electrons. The van der Waals surface area contributed by atoms with E-state index in [0.717, 1.165) is 5.56 Å². The minimum atomic E-state index is -0.314. The summed E-state index contributed by atoms with van der Waals surface area (Å²) in [6, 6.07) is 18.6. The number of amides is 1. The van der Waals surface area contributed by atoms with Gasteiger partial charge < -0.3 is 5.32 Å². The van der Waals surface area contributed by atoms with Crippen molar-refractivity contribution in [2.45, 2.75) is 19.4 Å². The molecule has 1 atom stereocenters. The summed E-state index contributed by atoms with van der Waals surface area (Å²) in [6.45, 7) is 1.45. The van der Waals surface area contributed by atoms with Gasteiger partial charge in [-0.2, -0.15) is 0 Å². The molecule has 0 saturated heterocycles. The van der Waals surface area contributed by atoms with Gasteiger partial charge in [0.05, 0.1) is 6.04 Å². The van der Waals surface area contributed by atoms with Crippen LogP contribution in [0, 0.1) is 0 Å². The normalized spacial score (nSPS) is 12.0. The van der Waals surface area contributed by atoms with Gasteiger partial charge in [0.15, 0.2) is 5.78 Å². The lowest BCUT2D eigenvalue weighted by molar-refractivity contribution is -0.119. The molecule has 0 radical (unpaired) electrons. The third kappa shape index (κ3) is 5.02. The minimum absolute atomic E-state index is 0.0112. The fourth-order valence-electron chi connectivity index (χ4n) is 2.16. The maximum Gasteiger partial charge on any atom is 0.217 e. The molecule has 0 heterocycles. The van der Waals surface area contributed by atoms with Crippen molar-refractivity contribution < 1.29 is 9.59 Å². The van der Waals surface area contributed by atoms with Gasteiger partial charge in [0.2, 0.25) is 5.91 Å². The van der Waals surface area contributed by atoms with Gasteiger partial charge in [-0.25, -0.2) is 0 Å². The molecule has 2 aromatic rings. The quantitative estimate of drug-likeness (QED) is 0.829. The number of hydrogen-bond acceptors (Lipinski definition) is 2. The highest BCUT2D eigenvalue weighted by Gasteiger charge is 2.13. The SMILES string of the molecule is CC(=O)NC(/C=C/c1ccccc1)CC(=O)c1ccccc1. The number of nitrogens with one attached hydrogen (secondary N) is 1. The smallest absolute Gasteiger partial charge is 0.217 e. The Kier molecular flexibility index (Phi) is 5.66. The van der Waals surface area contributed by atoms with Crippen molar-refractivity contribution in [3.63, 3.8) is 0 Å². The second kappa shape index (κ2) is 7.93. The van der Waals surface area contributed by atoms with Crippen molar-refractivity contribution in [2.24, 2.45) is 0 Å².